The lowest BCUT2D eigenvalue weighted by molar-refractivity contribution is 0.387. The first kappa shape index (κ1) is 29.4. The molecule has 0 N–H and O–H groups in total. The van der Waals surface area contributed by atoms with Crippen molar-refractivity contribution in [1.29, 1.82) is 0 Å². The van der Waals surface area contributed by atoms with Gasteiger partial charge in [-0.2, -0.15) is 0 Å². The van der Waals surface area contributed by atoms with Gasteiger partial charge in [0.25, 0.3) is 0 Å². The van der Waals surface area contributed by atoms with E-state index in [1.54, 1.807) is 0 Å². The van der Waals surface area contributed by atoms with Crippen molar-refractivity contribution in [3.8, 4) is 0 Å². The molecule has 0 saturated carbocycles. The number of rotatable bonds is 4. The Kier molecular flexibility index (Phi) is 6.98. The van der Waals surface area contributed by atoms with Crippen LogP contribution in [0.1, 0.15) is 28.2 Å². The second-order valence-corrected chi connectivity index (χ2v) is 16.0. The standard InChI is InChI=1S/C44H32N4.CH3.Al/c1-5-13-29(14-6-1)41-33-21-23-35(45-33)42(30-15-7-2-8-16-30)37-25-27-39(47-37)44(32-19-11-4-12-20-32)40-28-26-38(48-40)43(31-17-9-3-10-18-31)36-24-22-34(41)46-36;;/h1-28,33-34,39,41H;1H3;/q-2;;+2/b42-35-,43-38-,44-40-;;. The van der Waals surface area contributed by atoms with Crippen LogP contribution in [0, 0.1) is 0 Å². The lowest BCUT2D eigenvalue weighted by Crippen LogP contribution is -2.55. The zero-order valence-electron chi connectivity index (χ0n) is 27.8. The second-order valence-electron chi connectivity index (χ2n) is 13.6. The highest BCUT2D eigenvalue weighted by atomic mass is 27.2. The van der Waals surface area contributed by atoms with Crippen molar-refractivity contribution in [2.24, 2.45) is 9.98 Å². The molecule has 238 valence electrons. The van der Waals surface area contributed by atoms with Crippen molar-refractivity contribution in [1.82, 2.24) is 7.43 Å². The molecular formula is C45H35AlN4. The van der Waals surface area contributed by atoms with Gasteiger partial charge in [-0.25, -0.2) is 0 Å². The molecular weight excluding hydrogens is 624 g/mol. The number of hydrogen-bond donors (Lipinski definition) is 0. The Bertz CT molecular complexity index is 2450. The Morgan fingerprint density at radius 1 is 0.540 bits per heavy atom. The average Bonchev–Trinajstić information content (AvgIpc) is 3.99. The minimum atomic E-state index is -2.07. The first-order chi connectivity index (χ1) is 24.7. The van der Waals surface area contributed by atoms with Crippen molar-refractivity contribution in [2.75, 3.05) is 0 Å². The van der Waals surface area contributed by atoms with Crippen molar-refractivity contribution < 1.29 is 0 Å². The number of aromatic nitrogens is 1. The highest BCUT2D eigenvalue weighted by Gasteiger charge is 2.45. The fraction of sp³-hybridized carbons (Fsp3) is 0.111. The Balaban J connectivity index is 1.39. The summed E-state index contributed by atoms with van der Waals surface area (Å²) < 4.78 is 5.52. The van der Waals surface area contributed by atoms with Gasteiger partial charge in [0.2, 0.25) is 0 Å². The van der Waals surface area contributed by atoms with E-state index in [1.807, 2.05) is 0 Å². The topological polar surface area (TPSA) is 32.9 Å². The summed E-state index contributed by atoms with van der Waals surface area (Å²) in [5.74, 6) is 2.65. The quantitative estimate of drug-likeness (QED) is 0.190. The minimum absolute atomic E-state index is 0.00239. The average molecular weight is 659 g/mol. The van der Waals surface area contributed by atoms with Crippen molar-refractivity contribution >= 4 is 42.7 Å². The number of hydrogen-bond acceptors (Lipinski definition) is 3. The largest absolute Gasteiger partial charge is 0.575 e. The zero-order chi connectivity index (χ0) is 33.2. The van der Waals surface area contributed by atoms with Crippen molar-refractivity contribution in [3.05, 3.63) is 209 Å². The summed E-state index contributed by atoms with van der Waals surface area (Å²) in [6.07, 6.45) is 14.1. The van der Waals surface area contributed by atoms with Gasteiger partial charge in [0, 0.05) is 45.1 Å². The van der Waals surface area contributed by atoms with Crippen LogP contribution >= 0.6 is 0 Å². The third kappa shape index (κ3) is 4.58. The molecule has 4 atom stereocenters. The normalized spacial score (nSPS) is 26.7. The molecule has 0 fully saturated rings. The van der Waals surface area contributed by atoms with Crippen LogP contribution in [0.3, 0.4) is 0 Å². The van der Waals surface area contributed by atoms with Crippen LogP contribution < -0.4 is 10.7 Å². The van der Waals surface area contributed by atoms with E-state index in [1.165, 1.54) is 55.4 Å². The molecule has 4 nitrogen and oxygen atoms in total. The van der Waals surface area contributed by atoms with Crippen LogP contribution in [0.2, 0.25) is 5.79 Å². The predicted molar refractivity (Wildman–Crippen MR) is 207 cm³/mol. The Morgan fingerprint density at radius 3 is 1.82 bits per heavy atom. The van der Waals surface area contributed by atoms with E-state index in [4.69, 9.17) is 9.98 Å². The van der Waals surface area contributed by atoms with E-state index in [-0.39, 0.29) is 24.0 Å². The molecule has 6 heterocycles. The Labute approximate surface area is 297 Å². The van der Waals surface area contributed by atoms with Gasteiger partial charge >= 0.3 is 14.6 Å². The lowest BCUT2D eigenvalue weighted by atomic mass is 9.85. The summed E-state index contributed by atoms with van der Waals surface area (Å²) in [7, 11) is 0. The third-order valence-electron chi connectivity index (χ3n) is 10.9. The van der Waals surface area contributed by atoms with Gasteiger partial charge in [-0.05, 0) is 52.6 Å². The monoisotopic (exact) mass is 658 g/mol. The van der Waals surface area contributed by atoms with E-state index in [9.17, 15) is 0 Å². The Hall–Kier alpha value is -5.47. The van der Waals surface area contributed by atoms with E-state index < -0.39 is 14.6 Å². The van der Waals surface area contributed by atoms with Crippen molar-refractivity contribution in [3.63, 3.8) is 0 Å². The highest BCUT2D eigenvalue weighted by Crippen LogP contribution is 2.42. The molecule has 0 aliphatic carbocycles. The molecule has 5 aromatic rings. The Morgan fingerprint density at radius 2 is 1.12 bits per heavy atom. The van der Waals surface area contributed by atoms with E-state index in [0.29, 0.717) is 0 Å². The minimum Gasteiger partial charge on any atom is -0.438 e. The molecule has 5 aliphatic heterocycles. The number of fused-ring (bicyclic) bond motifs is 2. The molecule has 0 spiro atoms. The van der Waals surface area contributed by atoms with Crippen LogP contribution in [0.25, 0.3) is 16.7 Å². The maximum atomic E-state index is 5.62. The van der Waals surface area contributed by atoms with Gasteiger partial charge in [0.15, 0.2) is 0 Å². The van der Waals surface area contributed by atoms with Gasteiger partial charge in [-0.1, -0.05) is 145 Å². The molecule has 5 heteroatoms. The van der Waals surface area contributed by atoms with Gasteiger partial charge in [0.1, 0.15) is 0 Å². The van der Waals surface area contributed by atoms with E-state index in [2.05, 4.69) is 183 Å². The maximum Gasteiger partial charge on any atom is 0.575 e. The SMILES string of the molecule is [CH3][Al]1[N]2/C3=C(/c4ccccc4)C4=NC(C=C4)/C(c4ccccc4)=c4/cc/c([n]41)=C(\c1ccccc1)C1=NC(C=C1)C(c1ccccc1)C2C=C3. The molecule has 0 radical (unpaired) electrons. The summed E-state index contributed by atoms with van der Waals surface area (Å²) in [5.41, 5.74) is 11.9. The summed E-state index contributed by atoms with van der Waals surface area (Å²) in [4.78, 5) is 11.2. The van der Waals surface area contributed by atoms with Gasteiger partial charge in [-0.3, -0.25) is 9.98 Å². The number of nitrogens with zero attached hydrogens (tertiary/aromatic N) is 4. The van der Waals surface area contributed by atoms with Gasteiger partial charge < -0.3 is 7.43 Å². The summed E-state index contributed by atoms with van der Waals surface area (Å²) >= 11 is -2.07. The van der Waals surface area contributed by atoms with Gasteiger partial charge in [0.05, 0.1) is 23.5 Å². The highest BCUT2D eigenvalue weighted by molar-refractivity contribution is 6.54. The number of benzene rings is 4. The van der Waals surface area contributed by atoms with E-state index in [0.717, 1.165) is 11.4 Å². The van der Waals surface area contributed by atoms with Crippen LogP contribution in [0.4, 0.5) is 0 Å². The molecule has 10 rings (SSSR count). The first-order valence-electron chi connectivity index (χ1n) is 17.6. The maximum absolute atomic E-state index is 5.62. The summed E-state index contributed by atoms with van der Waals surface area (Å²) in [6.45, 7) is 0. The van der Waals surface area contributed by atoms with E-state index >= 15 is 0 Å². The van der Waals surface area contributed by atoms with Gasteiger partial charge in [-0.15, -0.1) is 0 Å². The lowest BCUT2D eigenvalue weighted by Gasteiger charge is -2.40. The summed E-state index contributed by atoms with van der Waals surface area (Å²) in [5, 5.41) is 2.46. The molecule has 5 aliphatic rings. The number of allylic oxidation sites excluding steroid dienone is 4. The molecule has 4 aromatic carbocycles. The molecule has 4 unspecified atom stereocenters. The molecule has 50 heavy (non-hydrogen) atoms. The zero-order valence-corrected chi connectivity index (χ0v) is 29.0. The van der Waals surface area contributed by atoms with Crippen LogP contribution in [-0.4, -0.2) is 51.6 Å². The third-order valence-corrected chi connectivity index (χ3v) is 13.7. The van der Waals surface area contributed by atoms with Crippen LogP contribution in [0.5, 0.6) is 0 Å². The predicted octanol–water partition coefficient (Wildman–Crippen LogP) is 7.07. The van der Waals surface area contributed by atoms with Crippen molar-refractivity contribution in [2.45, 2.75) is 29.8 Å². The smallest absolute Gasteiger partial charge is 0.438 e. The number of aliphatic imine (C=N–C) groups is 2. The molecule has 6 bridgehead atoms. The fourth-order valence-electron chi connectivity index (χ4n) is 8.82. The molecule has 0 saturated heterocycles. The second kappa shape index (κ2) is 11.8. The fourth-order valence-corrected chi connectivity index (χ4v) is 11.7. The first-order valence-corrected chi connectivity index (χ1v) is 19.8. The summed E-state index contributed by atoms with van der Waals surface area (Å²) in [6, 6.07) is 48.4. The van der Waals surface area contributed by atoms with Crippen LogP contribution in [0.15, 0.2) is 186 Å². The molecule has 1 aromatic heterocycles. The molecule has 0 amide bonds. The van der Waals surface area contributed by atoms with Crippen LogP contribution in [-0.2, 0) is 0 Å².